The molecule has 128 valence electrons. The van der Waals surface area contributed by atoms with Crippen molar-refractivity contribution < 1.29 is 4.79 Å². The molecule has 0 fully saturated rings. The fraction of sp³-hybridized carbons (Fsp3) is 0.368. The quantitative estimate of drug-likeness (QED) is 0.733. The zero-order valence-electron chi connectivity index (χ0n) is 14.5. The van der Waals surface area contributed by atoms with Crippen LogP contribution in [0.25, 0.3) is 0 Å². The Balaban J connectivity index is 1.76. The largest absolute Gasteiger partial charge is 0.336 e. The third kappa shape index (κ3) is 6.01. The summed E-state index contributed by atoms with van der Waals surface area (Å²) >= 11 is 0. The molecule has 1 aromatic heterocycles. The Labute approximate surface area is 143 Å². The molecule has 1 heterocycles. The summed E-state index contributed by atoms with van der Waals surface area (Å²) in [5.74, 6) is 0. The average molecular weight is 326 g/mol. The number of rotatable bonds is 7. The van der Waals surface area contributed by atoms with Gasteiger partial charge in [-0.05, 0) is 38.0 Å². The molecule has 0 spiro atoms. The van der Waals surface area contributed by atoms with Crippen LogP contribution in [0, 0.1) is 0 Å². The number of carbonyl (C=O) groups is 1. The highest BCUT2D eigenvalue weighted by atomic mass is 16.2. The molecule has 3 N–H and O–H groups in total. The Bertz CT molecular complexity index is 628. The van der Waals surface area contributed by atoms with E-state index in [9.17, 15) is 4.79 Å². The summed E-state index contributed by atoms with van der Waals surface area (Å²) in [6.45, 7) is 7.28. The SMILES string of the molecule is CC(NC(C)(C)CNC(=O)NCc1cccnc1)c1ccccc1. The highest BCUT2D eigenvalue weighted by Gasteiger charge is 2.21. The molecule has 2 amide bonds. The van der Waals surface area contributed by atoms with Gasteiger partial charge in [-0.25, -0.2) is 4.79 Å². The highest BCUT2D eigenvalue weighted by molar-refractivity contribution is 5.73. The zero-order chi connectivity index (χ0) is 17.4. The number of hydrogen-bond donors (Lipinski definition) is 3. The van der Waals surface area contributed by atoms with Crippen molar-refractivity contribution in [2.24, 2.45) is 0 Å². The number of carbonyl (C=O) groups excluding carboxylic acids is 1. The second kappa shape index (κ2) is 8.45. The number of aromatic nitrogens is 1. The van der Waals surface area contributed by atoms with E-state index >= 15 is 0 Å². The van der Waals surface area contributed by atoms with Crippen molar-refractivity contribution in [2.45, 2.75) is 38.9 Å². The molecule has 1 aromatic carbocycles. The average Bonchev–Trinajstić information content (AvgIpc) is 2.59. The maximum Gasteiger partial charge on any atom is 0.315 e. The summed E-state index contributed by atoms with van der Waals surface area (Å²) in [5, 5.41) is 9.30. The van der Waals surface area contributed by atoms with Gasteiger partial charge < -0.3 is 16.0 Å². The van der Waals surface area contributed by atoms with Gasteiger partial charge in [0.1, 0.15) is 0 Å². The van der Waals surface area contributed by atoms with Gasteiger partial charge in [-0.1, -0.05) is 36.4 Å². The van der Waals surface area contributed by atoms with Gasteiger partial charge in [0.05, 0.1) is 0 Å². The minimum absolute atomic E-state index is 0.180. The smallest absolute Gasteiger partial charge is 0.315 e. The van der Waals surface area contributed by atoms with E-state index in [0.717, 1.165) is 5.56 Å². The lowest BCUT2D eigenvalue weighted by atomic mass is 10.0. The molecule has 2 rings (SSSR count). The van der Waals surface area contributed by atoms with E-state index in [4.69, 9.17) is 0 Å². The highest BCUT2D eigenvalue weighted by Crippen LogP contribution is 2.15. The van der Waals surface area contributed by atoms with Gasteiger partial charge in [-0.2, -0.15) is 0 Å². The molecule has 5 heteroatoms. The number of pyridine rings is 1. The summed E-state index contributed by atoms with van der Waals surface area (Å²) in [7, 11) is 0. The number of amides is 2. The van der Waals surface area contributed by atoms with Crippen molar-refractivity contribution >= 4 is 6.03 Å². The first-order valence-corrected chi connectivity index (χ1v) is 8.19. The molecule has 5 nitrogen and oxygen atoms in total. The van der Waals surface area contributed by atoms with Crippen LogP contribution >= 0.6 is 0 Å². The van der Waals surface area contributed by atoms with Crippen LogP contribution in [0.15, 0.2) is 54.9 Å². The van der Waals surface area contributed by atoms with Crippen LogP contribution in [0.2, 0.25) is 0 Å². The van der Waals surface area contributed by atoms with Crippen molar-refractivity contribution in [3.63, 3.8) is 0 Å². The molecule has 24 heavy (non-hydrogen) atoms. The number of benzene rings is 1. The van der Waals surface area contributed by atoms with Crippen molar-refractivity contribution in [1.82, 2.24) is 20.9 Å². The number of urea groups is 1. The molecule has 0 aliphatic heterocycles. The Morgan fingerprint density at radius 1 is 1.12 bits per heavy atom. The summed E-state index contributed by atoms with van der Waals surface area (Å²) in [4.78, 5) is 16.0. The second-order valence-corrected chi connectivity index (χ2v) is 6.56. The van der Waals surface area contributed by atoms with Gasteiger partial charge in [0.2, 0.25) is 0 Å². The first-order valence-electron chi connectivity index (χ1n) is 8.19. The van der Waals surface area contributed by atoms with Gasteiger partial charge in [-0.3, -0.25) is 4.98 Å². The van der Waals surface area contributed by atoms with E-state index in [1.165, 1.54) is 5.56 Å². The number of hydrogen-bond acceptors (Lipinski definition) is 3. The summed E-state index contributed by atoms with van der Waals surface area (Å²) in [6.07, 6.45) is 3.46. The minimum Gasteiger partial charge on any atom is -0.336 e. The van der Waals surface area contributed by atoms with Gasteiger partial charge in [0, 0.05) is 37.1 Å². The standard InChI is InChI=1S/C19H26N4O/c1-15(17-9-5-4-6-10-17)23-19(2,3)14-22-18(24)21-13-16-8-7-11-20-12-16/h4-12,15,23H,13-14H2,1-3H3,(H2,21,22,24). The van der Waals surface area contributed by atoms with Crippen LogP contribution in [-0.4, -0.2) is 23.1 Å². The second-order valence-electron chi connectivity index (χ2n) is 6.56. The monoisotopic (exact) mass is 326 g/mol. The summed E-state index contributed by atoms with van der Waals surface area (Å²) in [6, 6.07) is 14.1. The third-order valence-corrected chi connectivity index (χ3v) is 3.77. The Morgan fingerprint density at radius 3 is 2.54 bits per heavy atom. The molecule has 0 aliphatic carbocycles. The predicted molar refractivity (Wildman–Crippen MR) is 96.5 cm³/mol. The minimum atomic E-state index is -0.221. The van der Waals surface area contributed by atoms with Crippen LogP contribution in [0.4, 0.5) is 4.79 Å². The van der Waals surface area contributed by atoms with Crippen LogP contribution in [0.1, 0.15) is 37.9 Å². The first-order chi connectivity index (χ1) is 11.5. The number of nitrogens with zero attached hydrogens (tertiary/aromatic N) is 1. The molecule has 0 saturated carbocycles. The fourth-order valence-electron chi connectivity index (χ4n) is 2.51. The van der Waals surface area contributed by atoms with Crippen molar-refractivity contribution in [3.05, 3.63) is 66.0 Å². The fourth-order valence-corrected chi connectivity index (χ4v) is 2.51. The summed E-state index contributed by atoms with van der Waals surface area (Å²) in [5.41, 5.74) is 1.98. The van der Waals surface area contributed by atoms with Crippen LogP contribution in [0.3, 0.4) is 0 Å². The molecular formula is C19H26N4O. The van der Waals surface area contributed by atoms with Crippen molar-refractivity contribution in [1.29, 1.82) is 0 Å². The lowest BCUT2D eigenvalue weighted by molar-refractivity contribution is 0.234. The first kappa shape index (κ1) is 17.9. The molecule has 0 saturated heterocycles. The van der Waals surface area contributed by atoms with Gasteiger partial charge in [-0.15, -0.1) is 0 Å². The van der Waals surface area contributed by atoms with Gasteiger partial charge in [0.15, 0.2) is 0 Å². The van der Waals surface area contributed by atoms with Crippen molar-refractivity contribution in [2.75, 3.05) is 6.54 Å². The maximum absolute atomic E-state index is 11.9. The van der Waals surface area contributed by atoms with E-state index in [2.05, 4.69) is 53.8 Å². The van der Waals surface area contributed by atoms with E-state index in [-0.39, 0.29) is 17.6 Å². The topological polar surface area (TPSA) is 66.0 Å². The van der Waals surface area contributed by atoms with Crippen molar-refractivity contribution in [3.8, 4) is 0 Å². The molecule has 0 radical (unpaired) electrons. The zero-order valence-corrected chi connectivity index (χ0v) is 14.5. The van der Waals surface area contributed by atoms with Gasteiger partial charge in [0.25, 0.3) is 0 Å². The van der Waals surface area contributed by atoms with Crippen LogP contribution in [0.5, 0.6) is 0 Å². The molecular weight excluding hydrogens is 300 g/mol. The van der Waals surface area contributed by atoms with Gasteiger partial charge >= 0.3 is 6.03 Å². The van der Waals surface area contributed by atoms with E-state index in [1.807, 2.05) is 30.3 Å². The maximum atomic E-state index is 11.9. The predicted octanol–water partition coefficient (Wildman–Crippen LogP) is 3.01. The van der Waals surface area contributed by atoms with Crippen LogP contribution in [-0.2, 0) is 6.54 Å². The molecule has 0 bridgehead atoms. The third-order valence-electron chi connectivity index (χ3n) is 3.77. The van der Waals surface area contributed by atoms with E-state index in [1.54, 1.807) is 12.4 Å². The van der Waals surface area contributed by atoms with E-state index in [0.29, 0.717) is 13.1 Å². The molecule has 2 aromatic rings. The molecule has 1 atom stereocenters. The Morgan fingerprint density at radius 2 is 1.88 bits per heavy atom. The van der Waals surface area contributed by atoms with E-state index < -0.39 is 0 Å². The lowest BCUT2D eigenvalue weighted by Crippen LogP contribution is -2.51. The summed E-state index contributed by atoms with van der Waals surface area (Å²) < 4.78 is 0. The Kier molecular flexibility index (Phi) is 6.32. The molecule has 0 aliphatic rings. The Hall–Kier alpha value is -2.40. The lowest BCUT2D eigenvalue weighted by Gasteiger charge is -2.30. The normalized spacial score (nSPS) is 12.5. The molecule has 1 unspecified atom stereocenters. The number of nitrogens with one attached hydrogen (secondary N) is 3. The van der Waals surface area contributed by atoms with Crippen LogP contribution < -0.4 is 16.0 Å².